The zero-order valence-corrected chi connectivity index (χ0v) is 12.5. The SMILES string of the molecule is CCOCc1ccccc1NC(C)c1ccc(C#N)cc1. The van der Waals surface area contributed by atoms with Crippen LogP contribution >= 0.6 is 0 Å². The van der Waals surface area contributed by atoms with Crippen molar-refractivity contribution in [3.63, 3.8) is 0 Å². The predicted octanol–water partition coefficient (Wildman–Crippen LogP) is 4.27. The van der Waals surface area contributed by atoms with E-state index in [0.717, 1.165) is 16.8 Å². The molecule has 3 heteroatoms. The van der Waals surface area contributed by atoms with E-state index in [9.17, 15) is 0 Å². The molecule has 108 valence electrons. The molecule has 1 N–H and O–H groups in total. The van der Waals surface area contributed by atoms with Crippen LogP contribution in [-0.2, 0) is 11.3 Å². The molecule has 0 aliphatic rings. The maximum Gasteiger partial charge on any atom is 0.0991 e. The number of ether oxygens (including phenoxy) is 1. The molecule has 0 heterocycles. The van der Waals surface area contributed by atoms with Crippen molar-refractivity contribution in [3.05, 3.63) is 65.2 Å². The largest absolute Gasteiger partial charge is 0.378 e. The lowest BCUT2D eigenvalue weighted by Crippen LogP contribution is -2.09. The van der Waals surface area contributed by atoms with Gasteiger partial charge in [0.1, 0.15) is 0 Å². The van der Waals surface area contributed by atoms with Crippen molar-refractivity contribution in [2.24, 2.45) is 0 Å². The molecule has 0 fully saturated rings. The molecule has 2 rings (SSSR count). The van der Waals surface area contributed by atoms with Crippen molar-refractivity contribution in [1.29, 1.82) is 5.26 Å². The third kappa shape index (κ3) is 4.08. The average Bonchev–Trinajstić information content (AvgIpc) is 2.54. The summed E-state index contributed by atoms with van der Waals surface area (Å²) in [6.07, 6.45) is 0. The summed E-state index contributed by atoms with van der Waals surface area (Å²) in [6.45, 7) is 5.42. The van der Waals surface area contributed by atoms with Crippen LogP contribution < -0.4 is 5.32 Å². The van der Waals surface area contributed by atoms with Gasteiger partial charge in [-0.25, -0.2) is 0 Å². The predicted molar refractivity (Wildman–Crippen MR) is 85.0 cm³/mol. The quantitative estimate of drug-likeness (QED) is 0.859. The molecule has 1 atom stereocenters. The molecule has 2 aromatic rings. The Morgan fingerprint density at radius 2 is 1.86 bits per heavy atom. The van der Waals surface area contributed by atoms with E-state index in [2.05, 4.69) is 30.4 Å². The highest BCUT2D eigenvalue weighted by atomic mass is 16.5. The Balaban J connectivity index is 2.11. The highest BCUT2D eigenvalue weighted by Gasteiger charge is 2.08. The standard InChI is InChI=1S/C18H20N2O/c1-3-21-13-17-6-4-5-7-18(17)20-14(2)16-10-8-15(12-19)9-11-16/h4-11,14,20H,3,13H2,1-2H3. The molecule has 0 radical (unpaired) electrons. The fourth-order valence-electron chi connectivity index (χ4n) is 2.16. The van der Waals surface area contributed by atoms with Crippen molar-refractivity contribution in [3.8, 4) is 6.07 Å². The number of anilines is 1. The number of rotatable bonds is 6. The van der Waals surface area contributed by atoms with Crippen LogP contribution in [0.3, 0.4) is 0 Å². The lowest BCUT2D eigenvalue weighted by atomic mass is 10.1. The summed E-state index contributed by atoms with van der Waals surface area (Å²) in [5.41, 5.74) is 4.07. The van der Waals surface area contributed by atoms with Gasteiger partial charge in [-0.3, -0.25) is 0 Å². The minimum absolute atomic E-state index is 0.167. The number of hydrogen-bond donors (Lipinski definition) is 1. The Morgan fingerprint density at radius 1 is 1.14 bits per heavy atom. The van der Waals surface area contributed by atoms with Crippen LogP contribution in [0.15, 0.2) is 48.5 Å². The highest BCUT2D eigenvalue weighted by molar-refractivity contribution is 5.52. The van der Waals surface area contributed by atoms with E-state index in [-0.39, 0.29) is 6.04 Å². The molecule has 0 aliphatic heterocycles. The number of nitriles is 1. The second-order valence-electron chi connectivity index (χ2n) is 4.89. The topological polar surface area (TPSA) is 45.0 Å². The smallest absolute Gasteiger partial charge is 0.0991 e. The van der Waals surface area contributed by atoms with Gasteiger partial charge in [-0.05, 0) is 37.6 Å². The van der Waals surface area contributed by atoms with Crippen molar-refractivity contribution in [2.45, 2.75) is 26.5 Å². The van der Waals surface area contributed by atoms with Gasteiger partial charge in [0.05, 0.1) is 18.2 Å². The second kappa shape index (κ2) is 7.47. The van der Waals surface area contributed by atoms with Gasteiger partial charge < -0.3 is 10.1 Å². The van der Waals surface area contributed by atoms with Gasteiger partial charge in [-0.1, -0.05) is 30.3 Å². The maximum atomic E-state index is 8.84. The number of hydrogen-bond acceptors (Lipinski definition) is 3. The molecule has 0 saturated heterocycles. The van der Waals surface area contributed by atoms with Crippen molar-refractivity contribution in [1.82, 2.24) is 0 Å². The van der Waals surface area contributed by atoms with Gasteiger partial charge in [0, 0.05) is 23.9 Å². The summed E-state index contributed by atoms with van der Waals surface area (Å²) in [5, 5.41) is 12.4. The Morgan fingerprint density at radius 3 is 2.52 bits per heavy atom. The van der Waals surface area contributed by atoms with Crippen LogP contribution in [0.4, 0.5) is 5.69 Å². The van der Waals surface area contributed by atoms with Gasteiger partial charge in [-0.15, -0.1) is 0 Å². The molecule has 3 nitrogen and oxygen atoms in total. The monoisotopic (exact) mass is 280 g/mol. The van der Waals surface area contributed by atoms with Crippen molar-refractivity contribution in [2.75, 3.05) is 11.9 Å². The van der Waals surface area contributed by atoms with Crippen LogP contribution in [0, 0.1) is 11.3 Å². The maximum absolute atomic E-state index is 8.84. The number of nitrogens with zero attached hydrogens (tertiary/aromatic N) is 1. The minimum atomic E-state index is 0.167. The molecular weight excluding hydrogens is 260 g/mol. The molecular formula is C18H20N2O. The summed E-state index contributed by atoms with van der Waals surface area (Å²) in [5.74, 6) is 0. The van der Waals surface area contributed by atoms with Gasteiger partial charge >= 0.3 is 0 Å². The Kier molecular flexibility index (Phi) is 5.36. The molecule has 0 amide bonds. The Bertz CT molecular complexity index is 614. The first-order chi connectivity index (χ1) is 10.2. The second-order valence-corrected chi connectivity index (χ2v) is 4.89. The fourth-order valence-corrected chi connectivity index (χ4v) is 2.16. The van der Waals surface area contributed by atoms with Crippen LogP contribution in [0.2, 0.25) is 0 Å². The first-order valence-corrected chi connectivity index (χ1v) is 7.17. The summed E-state index contributed by atoms with van der Waals surface area (Å²) < 4.78 is 5.50. The van der Waals surface area contributed by atoms with Crippen LogP contribution in [0.5, 0.6) is 0 Å². The van der Waals surface area contributed by atoms with E-state index in [4.69, 9.17) is 10.00 Å². The first-order valence-electron chi connectivity index (χ1n) is 7.17. The fraction of sp³-hybridized carbons (Fsp3) is 0.278. The van der Waals surface area contributed by atoms with Crippen LogP contribution in [0.25, 0.3) is 0 Å². The lowest BCUT2D eigenvalue weighted by Gasteiger charge is -2.18. The molecule has 0 bridgehead atoms. The summed E-state index contributed by atoms with van der Waals surface area (Å²) in [7, 11) is 0. The zero-order chi connectivity index (χ0) is 15.1. The van der Waals surface area contributed by atoms with Gasteiger partial charge in [-0.2, -0.15) is 5.26 Å². The highest BCUT2D eigenvalue weighted by Crippen LogP contribution is 2.23. The molecule has 2 aromatic carbocycles. The summed E-state index contributed by atoms with van der Waals surface area (Å²) >= 11 is 0. The lowest BCUT2D eigenvalue weighted by molar-refractivity contribution is 0.134. The van der Waals surface area contributed by atoms with E-state index in [0.29, 0.717) is 18.8 Å². The zero-order valence-electron chi connectivity index (χ0n) is 12.5. The van der Waals surface area contributed by atoms with Crippen LogP contribution in [-0.4, -0.2) is 6.61 Å². The van der Waals surface area contributed by atoms with Crippen molar-refractivity contribution >= 4 is 5.69 Å². The number of para-hydroxylation sites is 1. The molecule has 1 unspecified atom stereocenters. The summed E-state index contributed by atoms with van der Waals surface area (Å²) in [4.78, 5) is 0. The van der Waals surface area contributed by atoms with Gasteiger partial charge in [0.15, 0.2) is 0 Å². The minimum Gasteiger partial charge on any atom is -0.378 e. The van der Waals surface area contributed by atoms with E-state index >= 15 is 0 Å². The Labute approximate surface area is 126 Å². The normalized spacial score (nSPS) is 11.7. The molecule has 21 heavy (non-hydrogen) atoms. The van der Waals surface area contributed by atoms with E-state index in [1.165, 1.54) is 0 Å². The molecule has 0 aliphatic carbocycles. The third-order valence-electron chi connectivity index (χ3n) is 3.39. The molecule has 0 spiro atoms. The third-order valence-corrected chi connectivity index (χ3v) is 3.39. The van der Waals surface area contributed by atoms with Gasteiger partial charge in [0.2, 0.25) is 0 Å². The molecule has 0 saturated carbocycles. The van der Waals surface area contributed by atoms with E-state index in [1.54, 1.807) is 0 Å². The number of nitrogens with one attached hydrogen (secondary N) is 1. The van der Waals surface area contributed by atoms with Gasteiger partial charge in [0.25, 0.3) is 0 Å². The van der Waals surface area contributed by atoms with Crippen LogP contribution in [0.1, 0.15) is 36.6 Å². The van der Waals surface area contributed by atoms with E-state index < -0.39 is 0 Å². The Hall–Kier alpha value is -2.31. The summed E-state index contributed by atoms with van der Waals surface area (Å²) in [6, 6.07) is 18.1. The van der Waals surface area contributed by atoms with E-state index in [1.807, 2.05) is 43.3 Å². The molecule has 0 aromatic heterocycles. The number of benzene rings is 2. The average molecular weight is 280 g/mol. The first kappa shape index (κ1) is 15.1. The van der Waals surface area contributed by atoms with Crippen molar-refractivity contribution < 1.29 is 4.74 Å².